The number of likely N-dealkylation sites (N-methyl/N-ethyl adjacent to an activating group) is 1. The smallest absolute Gasteiger partial charge is 0.243 e. The van der Waals surface area contributed by atoms with Crippen molar-refractivity contribution in [3.8, 4) is 0 Å². The molecule has 0 aromatic heterocycles. The van der Waals surface area contributed by atoms with E-state index in [1.54, 1.807) is 0 Å². The topological polar surface area (TPSA) is 86.8 Å². The molecular formula is C21H29N3O4S2. The van der Waals surface area contributed by atoms with Crippen LogP contribution >= 0.6 is 0 Å². The van der Waals surface area contributed by atoms with Gasteiger partial charge in [-0.2, -0.15) is 4.31 Å². The van der Waals surface area contributed by atoms with Gasteiger partial charge in [-0.1, -0.05) is 30.3 Å². The van der Waals surface area contributed by atoms with Crippen molar-refractivity contribution in [2.45, 2.75) is 35.1 Å². The summed E-state index contributed by atoms with van der Waals surface area (Å²) in [6.45, 7) is 1.27. The lowest BCUT2D eigenvalue weighted by molar-refractivity contribution is 0.291. The fraction of sp³-hybridized carbons (Fsp3) is 0.429. The zero-order chi connectivity index (χ0) is 21.8. The monoisotopic (exact) mass is 451 g/mol. The van der Waals surface area contributed by atoms with Crippen LogP contribution in [-0.2, 0) is 26.5 Å². The summed E-state index contributed by atoms with van der Waals surface area (Å²) in [5, 5.41) is 0. The highest BCUT2D eigenvalue weighted by atomic mass is 32.2. The van der Waals surface area contributed by atoms with Crippen molar-refractivity contribution in [2.24, 2.45) is 0 Å². The largest absolute Gasteiger partial charge is 0.305 e. The number of nitrogens with zero attached hydrogens (tertiary/aromatic N) is 2. The van der Waals surface area contributed by atoms with Gasteiger partial charge in [0.15, 0.2) is 0 Å². The van der Waals surface area contributed by atoms with Crippen molar-refractivity contribution in [1.82, 2.24) is 13.9 Å². The number of hydrogen-bond acceptors (Lipinski definition) is 5. The first-order valence-electron chi connectivity index (χ1n) is 10.0. The number of benzene rings is 2. The molecule has 0 bridgehead atoms. The maximum absolute atomic E-state index is 12.7. The second-order valence-electron chi connectivity index (χ2n) is 7.74. The van der Waals surface area contributed by atoms with Crippen molar-refractivity contribution < 1.29 is 16.8 Å². The van der Waals surface area contributed by atoms with Crippen LogP contribution in [0.3, 0.4) is 0 Å². The summed E-state index contributed by atoms with van der Waals surface area (Å²) in [6.07, 6.45) is 2.42. The third kappa shape index (κ3) is 5.47. The zero-order valence-corrected chi connectivity index (χ0v) is 19.0. The molecule has 0 spiro atoms. The van der Waals surface area contributed by atoms with Gasteiger partial charge in [-0.05, 0) is 63.2 Å². The van der Waals surface area contributed by atoms with Gasteiger partial charge in [0.25, 0.3) is 0 Å². The predicted molar refractivity (Wildman–Crippen MR) is 117 cm³/mol. The van der Waals surface area contributed by atoms with E-state index in [1.165, 1.54) is 28.6 Å². The first kappa shape index (κ1) is 22.9. The Morgan fingerprint density at radius 3 is 2.03 bits per heavy atom. The van der Waals surface area contributed by atoms with Gasteiger partial charge >= 0.3 is 0 Å². The minimum atomic E-state index is -3.75. The summed E-state index contributed by atoms with van der Waals surface area (Å²) in [4.78, 5) is 2.17. The molecule has 2 aromatic rings. The molecule has 9 heteroatoms. The van der Waals surface area contributed by atoms with Gasteiger partial charge in [-0.25, -0.2) is 21.6 Å². The Kier molecular flexibility index (Phi) is 7.30. The molecule has 1 unspecified atom stereocenters. The standard InChI is InChI=1S/C21H29N3O4S2/c1-23(2)19(16-18-8-4-3-5-9-18)17-22-29(25,26)20-10-12-21(13-11-20)30(27,28)24-14-6-7-15-24/h3-5,8-13,19,22H,6-7,14-17H2,1-2H3. The highest BCUT2D eigenvalue weighted by Gasteiger charge is 2.27. The molecule has 1 atom stereocenters. The molecule has 0 saturated carbocycles. The molecule has 1 aliphatic heterocycles. The van der Waals surface area contributed by atoms with Gasteiger partial charge in [-0.3, -0.25) is 0 Å². The molecule has 3 rings (SSSR count). The molecule has 0 radical (unpaired) electrons. The van der Waals surface area contributed by atoms with Crippen molar-refractivity contribution in [3.05, 3.63) is 60.2 Å². The Morgan fingerprint density at radius 1 is 0.900 bits per heavy atom. The zero-order valence-electron chi connectivity index (χ0n) is 17.4. The van der Waals surface area contributed by atoms with E-state index in [-0.39, 0.29) is 22.4 Å². The van der Waals surface area contributed by atoms with Gasteiger partial charge in [0.05, 0.1) is 9.79 Å². The summed E-state index contributed by atoms with van der Waals surface area (Å²) in [7, 11) is -3.48. The maximum atomic E-state index is 12.7. The van der Waals surface area contributed by atoms with Gasteiger partial charge in [0.1, 0.15) is 0 Å². The third-order valence-electron chi connectivity index (χ3n) is 5.39. The lowest BCUT2D eigenvalue weighted by Gasteiger charge is -2.24. The molecule has 7 nitrogen and oxygen atoms in total. The molecule has 164 valence electrons. The Labute approximate surface area is 179 Å². The van der Waals surface area contributed by atoms with Crippen LogP contribution < -0.4 is 4.72 Å². The van der Waals surface area contributed by atoms with Crippen LogP contribution in [-0.4, -0.2) is 65.8 Å². The van der Waals surface area contributed by atoms with Crippen molar-refractivity contribution in [1.29, 1.82) is 0 Å². The summed E-state index contributed by atoms with van der Waals surface area (Å²) >= 11 is 0. The molecule has 0 amide bonds. The maximum Gasteiger partial charge on any atom is 0.243 e. The number of nitrogens with one attached hydrogen (secondary N) is 1. The van der Waals surface area contributed by atoms with Gasteiger partial charge in [0, 0.05) is 25.7 Å². The van der Waals surface area contributed by atoms with Crippen LogP contribution in [0.1, 0.15) is 18.4 Å². The number of sulfonamides is 2. The molecule has 0 aliphatic carbocycles. The van der Waals surface area contributed by atoms with Crippen LogP contribution in [0.2, 0.25) is 0 Å². The molecule has 1 heterocycles. The van der Waals surface area contributed by atoms with E-state index in [0.29, 0.717) is 19.5 Å². The van der Waals surface area contributed by atoms with E-state index in [2.05, 4.69) is 4.72 Å². The normalized spacial score (nSPS) is 16.8. The first-order chi connectivity index (χ1) is 14.2. The Morgan fingerprint density at radius 2 is 1.47 bits per heavy atom. The van der Waals surface area contributed by atoms with Crippen LogP contribution in [0.25, 0.3) is 0 Å². The van der Waals surface area contributed by atoms with Crippen molar-refractivity contribution in [2.75, 3.05) is 33.7 Å². The molecule has 2 aromatic carbocycles. The van der Waals surface area contributed by atoms with Gasteiger partial charge in [-0.15, -0.1) is 0 Å². The first-order valence-corrected chi connectivity index (χ1v) is 12.9. The molecule has 1 aliphatic rings. The lowest BCUT2D eigenvalue weighted by Crippen LogP contribution is -2.41. The van der Waals surface area contributed by atoms with Crippen LogP contribution in [0.5, 0.6) is 0 Å². The summed E-state index contributed by atoms with van der Waals surface area (Å²) in [5.74, 6) is 0. The van der Waals surface area contributed by atoms with E-state index in [9.17, 15) is 16.8 Å². The number of hydrogen-bond donors (Lipinski definition) is 1. The Balaban J connectivity index is 1.68. The predicted octanol–water partition coefficient (Wildman–Crippen LogP) is 1.92. The van der Waals surface area contributed by atoms with E-state index in [1.807, 2.05) is 49.3 Å². The second kappa shape index (κ2) is 9.57. The van der Waals surface area contributed by atoms with Crippen molar-refractivity contribution in [3.63, 3.8) is 0 Å². The average Bonchev–Trinajstić information content (AvgIpc) is 3.27. The summed E-state index contributed by atoms with van der Waals surface area (Å²) < 4.78 is 54.8. The molecule has 1 fully saturated rings. The fourth-order valence-corrected chi connectivity index (χ4v) is 6.07. The lowest BCUT2D eigenvalue weighted by atomic mass is 10.1. The fourth-order valence-electron chi connectivity index (χ4n) is 3.48. The Bertz CT molecular complexity index is 1030. The van der Waals surface area contributed by atoms with E-state index >= 15 is 0 Å². The molecule has 1 saturated heterocycles. The Hall–Kier alpha value is -1.78. The molecule has 30 heavy (non-hydrogen) atoms. The minimum absolute atomic E-state index is 0.0167. The van der Waals surface area contributed by atoms with E-state index in [4.69, 9.17) is 0 Å². The van der Waals surface area contributed by atoms with Gasteiger partial charge in [0.2, 0.25) is 20.0 Å². The van der Waals surface area contributed by atoms with Gasteiger partial charge < -0.3 is 4.90 Å². The summed E-state index contributed by atoms with van der Waals surface area (Å²) in [5.41, 5.74) is 1.13. The van der Waals surface area contributed by atoms with E-state index in [0.717, 1.165) is 18.4 Å². The van der Waals surface area contributed by atoms with Crippen LogP contribution in [0.4, 0.5) is 0 Å². The minimum Gasteiger partial charge on any atom is -0.305 e. The van der Waals surface area contributed by atoms with Crippen molar-refractivity contribution >= 4 is 20.0 Å². The average molecular weight is 452 g/mol. The second-order valence-corrected chi connectivity index (χ2v) is 11.4. The third-order valence-corrected chi connectivity index (χ3v) is 8.74. The van der Waals surface area contributed by atoms with Crippen LogP contribution in [0.15, 0.2) is 64.4 Å². The highest BCUT2D eigenvalue weighted by molar-refractivity contribution is 7.89. The highest BCUT2D eigenvalue weighted by Crippen LogP contribution is 2.22. The molecular weight excluding hydrogens is 422 g/mol. The number of rotatable bonds is 9. The quantitative estimate of drug-likeness (QED) is 0.630. The molecule has 1 N–H and O–H groups in total. The SMILES string of the molecule is CN(C)C(CNS(=O)(=O)c1ccc(S(=O)(=O)N2CCCC2)cc1)Cc1ccccc1. The van der Waals surface area contributed by atoms with Crippen LogP contribution in [0, 0.1) is 0 Å². The summed E-state index contributed by atoms with van der Waals surface area (Å²) in [6, 6.07) is 15.3. The van der Waals surface area contributed by atoms with E-state index < -0.39 is 20.0 Å².